The number of aryl methyl sites for hydroxylation is 1. The van der Waals surface area contributed by atoms with Crippen LogP contribution >= 0.6 is 11.6 Å². The van der Waals surface area contributed by atoms with Crippen molar-refractivity contribution in [1.29, 1.82) is 0 Å². The van der Waals surface area contributed by atoms with Crippen LogP contribution in [0.15, 0.2) is 17.2 Å². The summed E-state index contributed by atoms with van der Waals surface area (Å²) < 4.78 is 22.9. The summed E-state index contributed by atoms with van der Waals surface area (Å²) in [6.07, 6.45) is 3.87. The Hall–Kier alpha value is -0.880. The molecule has 0 aliphatic heterocycles. The topological polar surface area (TPSA) is 69.0 Å². The molecule has 0 radical (unpaired) electrons. The molecule has 1 aromatic heterocycles. The van der Waals surface area contributed by atoms with E-state index in [0.29, 0.717) is 0 Å². The van der Waals surface area contributed by atoms with Crippen molar-refractivity contribution in [3.8, 4) is 0 Å². The standard InChI is InChI=1S/C7H9ClN2O3S/c1-14(12,13)5-4-10-3-2-9-6(8)7(10)11/h2-3H,4-5H2,1H3. The zero-order valence-electron chi connectivity index (χ0n) is 7.47. The van der Waals surface area contributed by atoms with Crippen LogP contribution in [0.2, 0.25) is 5.15 Å². The first-order chi connectivity index (χ1) is 6.40. The fraction of sp³-hybridized carbons (Fsp3) is 0.429. The highest BCUT2D eigenvalue weighted by molar-refractivity contribution is 7.90. The van der Waals surface area contributed by atoms with Gasteiger partial charge < -0.3 is 4.57 Å². The van der Waals surface area contributed by atoms with Crippen LogP contribution in [-0.2, 0) is 16.4 Å². The summed E-state index contributed by atoms with van der Waals surface area (Å²) >= 11 is 5.47. The lowest BCUT2D eigenvalue weighted by molar-refractivity contribution is 0.592. The number of halogens is 1. The Morgan fingerprint density at radius 3 is 2.79 bits per heavy atom. The van der Waals surface area contributed by atoms with E-state index in [0.717, 1.165) is 6.26 Å². The Kier molecular flexibility index (Phi) is 3.28. The summed E-state index contributed by atoms with van der Waals surface area (Å²) in [6.45, 7) is 0.0971. The Balaban J connectivity index is 2.89. The molecule has 78 valence electrons. The van der Waals surface area contributed by atoms with Crippen molar-refractivity contribution in [3.63, 3.8) is 0 Å². The van der Waals surface area contributed by atoms with Crippen LogP contribution in [-0.4, -0.2) is 30.0 Å². The molecule has 5 nitrogen and oxygen atoms in total. The monoisotopic (exact) mass is 236 g/mol. The summed E-state index contributed by atoms with van der Waals surface area (Å²) in [5.41, 5.74) is -0.474. The SMILES string of the molecule is CS(=O)(=O)CCn1ccnc(Cl)c1=O. The molecule has 0 unspecified atom stereocenters. The average molecular weight is 237 g/mol. The van der Waals surface area contributed by atoms with Crippen LogP contribution < -0.4 is 5.56 Å². The lowest BCUT2D eigenvalue weighted by Gasteiger charge is -2.03. The van der Waals surface area contributed by atoms with Gasteiger partial charge in [0, 0.05) is 25.2 Å². The Labute approximate surface area is 86.3 Å². The maximum atomic E-state index is 11.3. The highest BCUT2D eigenvalue weighted by Gasteiger charge is 2.05. The summed E-state index contributed by atoms with van der Waals surface area (Å²) in [7, 11) is -3.08. The number of rotatable bonds is 3. The number of hydrogen-bond donors (Lipinski definition) is 0. The normalized spacial score (nSPS) is 11.6. The highest BCUT2D eigenvalue weighted by atomic mass is 35.5. The van der Waals surface area contributed by atoms with Gasteiger partial charge in [-0.05, 0) is 0 Å². The summed E-state index contributed by atoms with van der Waals surface area (Å²) in [5, 5.41) is -0.152. The fourth-order valence-corrected chi connectivity index (χ4v) is 1.55. The third-order valence-corrected chi connectivity index (χ3v) is 2.76. The van der Waals surface area contributed by atoms with Crippen molar-refractivity contribution in [1.82, 2.24) is 9.55 Å². The van der Waals surface area contributed by atoms with Crippen molar-refractivity contribution in [2.75, 3.05) is 12.0 Å². The maximum Gasteiger partial charge on any atom is 0.288 e. The number of aromatic nitrogens is 2. The molecule has 1 aromatic rings. The third-order valence-electron chi connectivity index (χ3n) is 1.57. The van der Waals surface area contributed by atoms with E-state index in [1.165, 1.54) is 17.0 Å². The van der Waals surface area contributed by atoms with Crippen LogP contribution in [0, 0.1) is 0 Å². The van der Waals surface area contributed by atoms with Crippen LogP contribution in [0.3, 0.4) is 0 Å². The molecule has 0 amide bonds. The molecule has 14 heavy (non-hydrogen) atoms. The van der Waals surface area contributed by atoms with E-state index in [2.05, 4.69) is 4.98 Å². The molecule has 0 aliphatic carbocycles. The first-order valence-corrected chi connectivity index (χ1v) is 6.23. The number of hydrogen-bond acceptors (Lipinski definition) is 4. The van der Waals surface area contributed by atoms with E-state index in [-0.39, 0.29) is 17.5 Å². The predicted molar refractivity (Wildman–Crippen MR) is 53.2 cm³/mol. The second-order valence-electron chi connectivity index (χ2n) is 2.85. The molecule has 0 atom stereocenters. The summed E-state index contributed by atoms with van der Waals surface area (Å²) in [4.78, 5) is 14.8. The van der Waals surface area contributed by atoms with E-state index in [1.807, 2.05) is 0 Å². The van der Waals surface area contributed by atoms with Crippen molar-refractivity contribution < 1.29 is 8.42 Å². The van der Waals surface area contributed by atoms with Gasteiger partial charge in [0.15, 0.2) is 5.15 Å². The molecule has 0 aromatic carbocycles. The van der Waals surface area contributed by atoms with Gasteiger partial charge in [0.2, 0.25) is 0 Å². The molecule has 0 fully saturated rings. The lowest BCUT2D eigenvalue weighted by atomic mass is 10.6. The van der Waals surface area contributed by atoms with Gasteiger partial charge in [-0.2, -0.15) is 0 Å². The molecular weight excluding hydrogens is 228 g/mol. The molecule has 7 heteroatoms. The highest BCUT2D eigenvalue weighted by Crippen LogP contribution is 1.94. The van der Waals surface area contributed by atoms with Gasteiger partial charge in [-0.15, -0.1) is 0 Å². The van der Waals surface area contributed by atoms with Crippen molar-refractivity contribution >= 4 is 21.4 Å². The van der Waals surface area contributed by atoms with Gasteiger partial charge in [0.25, 0.3) is 5.56 Å². The Morgan fingerprint density at radius 2 is 2.21 bits per heavy atom. The minimum atomic E-state index is -3.08. The average Bonchev–Trinajstić information content (AvgIpc) is 2.06. The van der Waals surface area contributed by atoms with Gasteiger partial charge in [0.1, 0.15) is 9.84 Å². The number of sulfone groups is 1. The van der Waals surface area contributed by atoms with E-state index in [1.54, 1.807) is 0 Å². The van der Waals surface area contributed by atoms with Crippen LogP contribution in [0.1, 0.15) is 0 Å². The first kappa shape index (κ1) is 11.2. The lowest BCUT2D eigenvalue weighted by Crippen LogP contribution is -2.24. The first-order valence-electron chi connectivity index (χ1n) is 3.79. The summed E-state index contributed by atoms with van der Waals surface area (Å²) in [5.74, 6) is -0.0900. The van der Waals surface area contributed by atoms with Crippen molar-refractivity contribution in [2.45, 2.75) is 6.54 Å². The van der Waals surface area contributed by atoms with Crippen LogP contribution in [0.4, 0.5) is 0 Å². The van der Waals surface area contributed by atoms with Gasteiger partial charge in [0.05, 0.1) is 5.75 Å². The molecule has 0 N–H and O–H groups in total. The number of nitrogens with zero attached hydrogens (tertiary/aromatic N) is 2. The molecule has 0 saturated carbocycles. The molecule has 0 saturated heterocycles. The molecule has 1 rings (SSSR count). The molecular formula is C7H9ClN2O3S. The Bertz CT molecular complexity index is 480. The smallest absolute Gasteiger partial charge is 0.288 e. The van der Waals surface area contributed by atoms with Gasteiger partial charge in [-0.25, -0.2) is 13.4 Å². The maximum absolute atomic E-state index is 11.3. The van der Waals surface area contributed by atoms with Crippen LogP contribution in [0.5, 0.6) is 0 Å². The molecule has 1 heterocycles. The quantitative estimate of drug-likeness (QED) is 0.738. The largest absolute Gasteiger partial charge is 0.310 e. The molecule has 0 bridgehead atoms. The second-order valence-corrected chi connectivity index (χ2v) is 5.46. The van der Waals surface area contributed by atoms with Crippen molar-refractivity contribution in [3.05, 3.63) is 27.9 Å². The van der Waals surface area contributed by atoms with Gasteiger partial charge >= 0.3 is 0 Å². The second kappa shape index (κ2) is 4.10. The third kappa shape index (κ3) is 3.12. The minimum absolute atomic E-state index is 0.0900. The predicted octanol–water partition coefficient (Wildman–Crippen LogP) is -0.0587. The van der Waals surface area contributed by atoms with E-state index >= 15 is 0 Å². The van der Waals surface area contributed by atoms with Gasteiger partial charge in [-0.3, -0.25) is 4.79 Å². The van der Waals surface area contributed by atoms with Crippen molar-refractivity contribution in [2.24, 2.45) is 0 Å². The molecule has 0 aliphatic rings. The molecule has 0 spiro atoms. The zero-order chi connectivity index (χ0) is 10.8. The minimum Gasteiger partial charge on any atom is -0.310 e. The fourth-order valence-electron chi connectivity index (χ4n) is 0.861. The summed E-state index contributed by atoms with van der Waals surface area (Å²) in [6, 6.07) is 0. The van der Waals surface area contributed by atoms with E-state index in [4.69, 9.17) is 11.6 Å². The van der Waals surface area contributed by atoms with E-state index in [9.17, 15) is 13.2 Å². The zero-order valence-corrected chi connectivity index (χ0v) is 9.05. The van der Waals surface area contributed by atoms with E-state index < -0.39 is 15.4 Å². The van der Waals surface area contributed by atoms with Crippen LogP contribution in [0.25, 0.3) is 0 Å². The Morgan fingerprint density at radius 1 is 1.57 bits per heavy atom. The van der Waals surface area contributed by atoms with Gasteiger partial charge in [-0.1, -0.05) is 11.6 Å².